The second-order valence-electron chi connectivity index (χ2n) is 4.79. The largest absolute Gasteiger partial charge is 0.466 e. The van der Waals surface area contributed by atoms with Crippen molar-refractivity contribution in [1.29, 1.82) is 0 Å². The SMILES string of the molecule is CCOC(=O)C1CCCN(c2ncc(Cl)cc2[N+](=O)[O-])C1. The first kappa shape index (κ1) is 15.5. The van der Waals surface area contributed by atoms with Crippen molar-refractivity contribution >= 4 is 29.1 Å². The lowest BCUT2D eigenvalue weighted by Gasteiger charge is -2.31. The molecule has 7 nitrogen and oxygen atoms in total. The molecule has 0 aliphatic carbocycles. The highest BCUT2D eigenvalue weighted by Gasteiger charge is 2.31. The van der Waals surface area contributed by atoms with E-state index in [1.807, 2.05) is 0 Å². The van der Waals surface area contributed by atoms with Gasteiger partial charge in [-0.1, -0.05) is 11.6 Å². The quantitative estimate of drug-likeness (QED) is 0.482. The smallest absolute Gasteiger partial charge is 0.313 e. The molecule has 1 aliphatic rings. The fourth-order valence-electron chi connectivity index (χ4n) is 2.42. The number of hydrogen-bond donors (Lipinski definition) is 0. The first-order valence-electron chi connectivity index (χ1n) is 6.74. The Hall–Kier alpha value is -1.89. The van der Waals surface area contributed by atoms with Gasteiger partial charge in [-0.3, -0.25) is 14.9 Å². The molecule has 0 saturated carbocycles. The van der Waals surface area contributed by atoms with E-state index in [4.69, 9.17) is 16.3 Å². The number of aromatic nitrogens is 1. The standard InChI is InChI=1S/C13H16ClN3O4/c1-2-21-13(18)9-4-3-5-16(8-9)12-11(17(19)20)6-10(14)7-15-12/h6-7,9H,2-5,8H2,1H3. The first-order chi connectivity index (χ1) is 10.0. The Morgan fingerprint density at radius 1 is 1.67 bits per heavy atom. The third-order valence-corrected chi connectivity index (χ3v) is 3.56. The summed E-state index contributed by atoms with van der Waals surface area (Å²) in [6, 6.07) is 1.28. The fourth-order valence-corrected chi connectivity index (χ4v) is 2.57. The lowest BCUT2D eigenvalue weighted by Crippen LogP contribution is -2.40. The van der Waals surface area contributed by atoms with Crippen LogP contribution in [0.5, 0.6) is 0 Å². The van der Waals surface area contributed by atoms with Crippen LogP contribution in [0.3, 0.4) is 0 Å². The highest BCUT2D eigenvalue weighted by molar-refractivity contribution is 6.30. The number of nitro groups is 1. The van der Waals surface area contributed by atoms with Gasteiger partial charge >= 0.3 is 11.7 Å². The maximum Gasteiger partial charge on any atom is 0.313 e. The van der Waals surface area contributed by atoms with Crippen molar-refractivity contribution in [3.05, 3.63) is 27.4 Å². The van der Waals surface area contributed by atoms with Crippen LogP contribution in [0.25, 0.3) is 0 Å². The van der Waals surface area contributed by atoms with Gasteiger partial charge in [0.2, 0.25) is 5.82 Å². The Morgan fingerprint density at radius 2 is 2.43 bits per heavy atom. The van der Waals surface area contributed by atoms with E-state index >= 15 is 0 Å². The van der Waals surface area contributed by atoms with E-state index in [2.05, 4.69) is 4.98 Å². The Morgan fingerprint density at radius 3 is 3.10 bits per heavy atom. The number of nitrogens with zero attached hydrogens (tertiary/aromatic N) is 3. The summed E-state index contributed by atoms with van der Waals surface area (Å²) in [5.41, 5.74) is -0.146. The Kier molecular flexibility index (Phi) is 4.95. The van der Waals surface area contributed by atoms with Gasteiger partial charge < -0.3 is 9.64 Å². The van der Waals surface area contributed by atoms with Gasteiger partial charge in [0.25, 0.3) is 0 Å². The molecule has 21 heavy (non-hydrogen) atoms. The van der Waals surface area contributed by atoms with Crippen LogP contribution in [0, 0.1) is 16.0 Å². The van der Waals surface area contributed by atoms with Gasteiger partial charge in [0, 0.05) is 25.4 Å². The van der Waals surface area contributed by atoms with E-state index in [9.17, 15) is 14.9 Å². The maximum absolute atomic E-state index is 11.8. The van der Waals surface area contributed by atoms with Crippen LogP contribution >= 0.6 is 11.6 Å². The number of piperidine rings is 1. The minimum Gasteiger partial charge on any atom is -0.466 e. The third-order valence-electron chi connectivity index (χ3n) is 3.35. The zero-order chi connectivity index (χ0) is 15.4. The molecule has 114 valence electrons. The molecule has 0 bridgehead atoms. The fraction of sp³-hybridized carbons (Fsp3) is 0.538. The summed E-state index contributed by atoms with van der Waals surface area (Å²) in [6.45, 7) is 3.07. The molecule has 1 unspecified atom stereocenters. The van der Waals surface area contributed by atoms with Gasteiger partial charge in [0.1, 0.15) is 0 Å². The number of esters is 1. The number of carbonyl (C=O) groups is 1. The highest BCUT2D eigenvalue weighted by atomic mass is 35.5. The molecule has 1 aliphatic heterocycles. The topological polar surface area (TPSA) is 85.6 Å². The summed E-state index contributed by atoms with van der Waals surface area (Å²) >= 11 is 5.76. The minimum atomic E-state index is -0.512. The zero-order valence-electron chi connectivity index (χ0n) is 11.6. The van der Waals surface area contributed by atoms with Crippen molar-refractivity contribution in [1.82, 2.24) is 4.98 Å². The highest BCUT2D eigenvalue weighted by Crippen LogP contribution is 2.31. The van der Waals surface area contributed by atoms with Crippen LogP contribution in [0.1, 0.15) is 19.8 Å². The van der Waals surface area contributed by atoms with Gasteiger partial charge in [-0.2, -0.15) is 0 Å². The van der Waals surface area contributed by atoms with Crippen molar-refractivity contribution < 1.29 is 14.5 Å². The normalized spacial score (nSPS) is 18.4. The van der Waals surface area contributed by atoms with Gasteiger partial charge in [-0.05, 0) is 19.8 Å². The van der Waals surface area contributed by atoms with E-state index in [0.29, 0.717) is 19.7 Å². The molecule has 0 radical (unpaired) electrons. The number of hydrogen-bond acceptors (Lipinski definition) is 6. The summed E-state index contributed by atoms with van der Waals surface area (Å²) in [4.78, 5) is 28.2. The van der Waals surface area contributed by atoms with Crippen LogP contribution in [0.15, 0.2) is 12.3 Å². The average Bonchev–Trinajstić information content (AvgIpc) is 2.47. The molecule has 0 aromatic carbocycles. The molecular formula is C13H16ClN3O4. The lowest BCUT2D eigenvalue weighted by molar-refractivity contribution is -0.384. The second-order valence-corrected chi connectivity index (χ2v) is 5.23. The van der Waals surface area contributed by atoms with E-state index in [0.717, 1.165) is 12.8 Å². The van der Waals surface area contributed by atoms with Crippen LogP contribution < -0.4 is 4.90 Å². The van der Waals surface area contributed by atoms with Crippen molar-refractivity contribution in [2.75, 3.05) is 24.6 Å². The second kappa shape index (κ2) is 6.71. The predicted molar refractivity (Wildman–Crippen MR) is 77.5 cm³/mol. The monoisotopic (exact) mass is 313 g/mol. The Labute approximate surface area is 127 Å². The van der Waals surface area contributed by atoms with Gasteiger partial charge in [0.15, 0.2) is 0 Å². The minimum absolute atomic E-state index is 0.146. The number of carbonyl (C=O) groups excluding carboxylic acids is 1. The molecular weight excluding hydrogens is 298 g/mol. The Bertz CT molecular complexity index is 552. The zero-order valence-corrected chi connectivity index (χ0v) is 12.4. The molecule has 1 aromatic rings. The van der Waals surface area contributed by atoms with Gasteiger partial charge in [-0.15, -0.1) is 0 Å². The number of halogens is 1. The van der Waals surface area contributed by atoms with Crippen molar-refractivity contribution in [2.45, 2.75) is 19.8 Å². The van der Waals surface area contributed by atoms with Gasteiger partial charge in [0.05, 0.1) is 22.5 Å². The average molecular weight is 314 g/mol. The van der Waals surface area contributed by atoms with Crippen LogP contribution in [-0.4, -0.2) is 35.6 Å². The Balaban J connectivity index is 2.22. The van der Waals surface area contributed by atoms with Gasteiger partial charge in [-0.25, -0.2) is 4.98 Å². The van der Waals surface area contributed by atoms with Crippen LogP contribution in [0.4, 0.5) is 11.5 Å². The molecule has 1 saturated heterocycles. The summed E-state index contributed by atoms with van der Waals surface area (Å²) in [6.07, 6.45) is 2.85. The van der Waals surface area contributed by atoms with E-state index in [1.165, 1.54) is 12.3 Å². The molecule has 0 spiro atoms. The summed E-state index contributed by atoms with van der Waals surface area (Å²) in [5.74, 6) is -0.298. The molecule has 1 fully saturated rings. The predicted octanol–water partition coefficient (Wildman–Crippen LogP) is 2.42. The molecule has 2 heterocycles. The number of pyridine rings is 1. The van der Waals surface area contributed by atoms with E-state index < -0.39 is 4.92 Å². The molecule has 0 amide bonds. The first-order valence-corrected chi connectivity index (χ1v) is 7.12. The van der Waals surface area contributed by atoms with Crippen LogP contribution in [0.2, 0.25) is 5.02 Å². The summed E-state index contributed by atoms with van der Waals surface area (Å²) in [5, 5.41) is 11.3. The van der Waals surface area contributed by atoms with E-state index in [1.54, 1.807) is 11.8 Å². The lowest BCUT2D eigenvalue weighted by atomic mass is 9.98. The molecule has 1 atom stereocenters. The number of anilines is 1. The number of rotatable bonds is 4. The summed E-state index contributed by atoms with van der Waals surface area (Å²) < 4.78 is 5.02. The molecule has 8 heteroatoms. The maximum atomic E-state index is 11.8. The summed E-state index contributed by atoms with van der Waals surface area (Å²) in [7, 11) is 0. The van der Waals surface area contributed by atoms with E-state index in [-0.39, 0.29) is 28.4 Å². The molecule has 2 rings (SSSR count). The number of ether oxygens (including phenoxy) is 1. The molecule has 0 N–H and O–H groups in total. The van der Waals surface area contributed by atoms with Crippen LogP contribution in [-0.2, 0) is 9.53 Å². The molecule has 1 aromatic heterocycles. The third kappa shape index (κ3) is 3.60. The van der Waals surface area contributed by atoms with Crippen molar-refractivity contribution in [3.8, 4) is 0 Å². The van der Waals surface area contributed by atoms with Crippen molar-refractivity contribution in [3.63, 3.8) is 0 Å². The van der Waals surface area contributed by atoms with Crippen molar-refractivity contribution in [2.24, 2.45) is 5.92 Å².